The van der Waals surface area contributed by atoms with Crippen LogP contribution in [0, 0.1) is 11.6 Å². The lowest BCUT2D eigenvalue weighted by molar-refractivity contribution is -0.143. The number of carbonyl (C=O) groups excluding carboxylic acids is 1. The molecule has 48 heavy (non-hydrogen) atoms. The Bertz CT molecular complexity index is 2010. The van der Waals surface area contributed by atoms with Crippen molar-refractivity contribution in [2.45, 2.75) is 44.2 Å². The average molecular weight is 677 g/mol. The number of aliphatic carboxylic acids is 1. The average Bonchev–Trinajstić information content (AvgIpc) is 3.01. The number of nitrogens with one attached hydrogen (secondary N) is 2. The molecular formula is C33H24F8N4O3. The summed E-state index contributed by atoms with van der Waals surface area (Å²) < 4.78 is 112. The first-order valence-corrected chi connectivity index (χ1v) is 14.3. The molecule has 3 aromatic carbocycles. The van der Waals surface area contributed by atoms with E-state index in [9.17, 15) is 49.8 Å². The lowest BCUT2D eigenvalue weighted by Gasteiger charge is -2.22. The lowest BCUT2D eigenvalue weighted by atomic mass is 9.94. The van der Waals surface area contributed by atoms with Crippen LogP contribution in [0.4, 0.5) is 40.8 Å². The number of fused-ring (bicyclic) bond motifs is 2. The fourth-order valence-corrected chi connectivity index (χ4v) is 5.40. The van der Waals surface area contributed by atoms with Crippen LogP contribution in [-0.2, 0) is 17.4 Å². The molecule has 0 aliphatic carbocycles. The molecule has 15 heteroatoms. The van der Waals surface area contributed by atoms with Crippen molar-refractivity contribution in [2.24, 2.45) is 0 Å². The maximum Gasteiger partial charge on any atom is 0.419 e. The van der Waals surface area contributed by atoms with Gasteiger partial charge in [0.25, 0.3) is 5.91 Å². The number of pyridine rings is 2. The Morgan fingerprint density at radius 3 is 2.19 bits per heavy atom. The van der Waals surface area contributed by atoms with Crippen molar-refractivity contribution >= 4 is 39.2 Å². The predicted octanol–water partition coefficient (Wildman–Crippen LogP) is 7.93. The molecular weight excluding hydrogens is 652 g/mol. The summed E-state index contributed by atoms with van der Waals surface area (Å²) in [6.45, 7) is 1.21. The molecule has 3 N–H and O–H groups in total. The number of benzene rings is 3. The van der Waals surface area contributed by atoms with Gasteiger partial charge in [0.1, 0.15) is 29.3 Å². The molecule has 1 amide bonds. The first-order valence-electron chi connectivity index (χ1n) is 14.3. The van der Waals surface area contributed by atoms with Gasteiger partial charge in [-0.25, -0.2) is 13.6 Å². The molecule has 0 aliphatic rings. The number of carboxylic acids is 1. The van der Waals surface area contributed by atoms with E-state index in [1.165, 1.54) is 61.8 Å². The topological polar surface area (TPSA) is 104 Å². The number of aromatic nitrogens is 2. The van der Waals surface area contributed by atoms with Crippen LogP contribution >= 0.6 is 0 Å². The highest BCUT2D eigenvalue weighted by Gasteiger charge is 2.39. The molecule has 2 heterocycles. The molecule has 0 saturated carbocycles. The summed E-state index contributed by atoms with van der Waals surface area (Å²) in [5.74, 6) is -6.20. The van der Waals surface area contributed by atoms with Gasteiger partial charge in [0.2, 0.25) is 0 Å². The zero-order chi connectivity index (χ0) is 35.0. The van der Waals surface area contributed by atoms with E-state index in [4.69, 9.17) is 0 Å². The second-order valence-corrected chi connectivity index (χ2v) is 10.8. The van der Waals surface area contributed by atoms with Crippen LogP contribution in [-0.4, -0.2) is 45.2 Å². The van der Waals surface area contributed by atoms with Crippen LogP contribution < -0.4 is 10.6 Å². The SMILES string of the molecule is CC[C@@H](Nc1cc(F)c(C(=O)N[C@@H](Cc2ccc(-c3ncc4ccccc4c3C(F)(F)F)c3ncccc23)C(=O)O)c(F)c1)C(F)(F)F. The molecule has 250 valence electrons. The number of hydrogen-bond donors (Lipinski definition) is 3. The molecule has 2 aromatic heterocycles. The number of amides is 1. The van der Waals surface area contributed by atoms with E-state index in [0.717, 1.165) is 0 Å². The quantitative estimate of drug-likeness (QED) is 0.137. The van der Waals surface area contributed by atoms with Crippen LogP contribution in [0.25, 0.3) is 32.9 Å². The molecule has 0 unspecified atom stereocenters. The van der Waals surface area contributed by atoms with Crippen molar-refractivity contribution in [1.29, 1.82) is 0 Å². The molecule has 7 nitrogen and oxygen atoms in total. The largest absolute Gasteiger partial charge is 0.480 e. The maximum absolute atomic E-state index is 14.9. The van der Waals surface area contributed by atoms with Crippen molar-refractivity contribution < 1.29 is 49.8 Å². The number of alkyl halides is 6. The molecule has 0 saturated heterocycles. The van der Waals surface area contributed by atoms with Gasteiger partial charge in [0.05, 0.1) is 16.8 Å². The summed E-state index contributed by atoms with van der Waals surface area (Å²) in [5.41, 5.74) is -2.97. The van der Waals surface area contributed by atoms with Crippen molar-refractivity contribution in [3.05, 3.63) is 101 Å². The van der Waals surface area contributed by atoms with Gasteiger partial charge in [0, 0.05) is 40.8 Å². The first-order chi connectivity index (χ1) is 22.6. The van der Waals surface area contributed by atoms with Crippen LogP contribution in [0.2, 0.25) is 0 Å². The third kappa shape index (κ3) is 6.85. The van der Waals surface area contributed by atoms with Crippen LogP contribution in [0.1, 0.15) is 34.8 Å². The highest BCUT2D eigenvalue weighted by molar-refractivity contribution is 6.00. The Kier molecular flexibility index (Phi) is 9.24. The van der Waals surface area contributed by atoms with E-state index in [1.807, 2.05) is 10.6 Å². The monoisotopic (exact) mass is 676 g/mol. The summed E-state index contributed by atoms with van der Waals surface area (Å²) in [7, 11) is 0. The molecule has 5 aromatic rings. The van der Waals surface area contributed by atoms with Gasteiger partial charge < -0.3 is 15.7 Å². The number of anilines is 1. The number of carboxylic acid groups (broad SMARTS) is 1. The fraction of sp³-hybridized carbons (Fsp3) is 0.212. The minimum Gasteiger partial charge on any atom is -0.480 e. The lowest BCUT2D eigenvalue weighted by Crippen LogP contribution is -2.43. The second kappa shape index (κ2) is 13.0. The zero-order valence-corrected chi connectivity index (χ0v) is 24.7. The molecule has 0 radical (unpaired) electrons. The highest BCUT2D eigenvalue weighted by atomic mass is 19.4. The van der Waals surface area contributed by atoms with Crippen LogP contribution in [0.5, 0.6) is 0 Å². The molecule has 2 atom stereocenters. The Labute approximate surface area is 266 Å². The smallest absolute Gasteiger partial charge is 0.419 e. The molecule has 0 aliphatic heterocycles. The standard InChI is InChI=1S/C33H24F8N4O3/c1-2-25(32(36,37)38)44-18-13-22(34)26(23(35)14-18)30(46)45-24(31(47)48)12-16-9-10-21(28-20(16)8-5-11-42-28)29-27(33(39,40)41)19-7-4-3-6-17(19)15-43-29/h3-11,13-15,24-25,44H,2,12H2,1H3,(H,45,46)(H,47,48)/t24-,25+/m0/s1. The van der Waals surface area contributed by atoms with Gasteiger partial charge >= 0.3 is 18.3 Å². The Hall–Kier alpha value is -5.34. The predicted molar refractivity (Wildman–Crippen MR) is 160 cm³/mol. The summed E-state index contributed by atoms with van der Waals surface area (Å²) in [5, 5.41) is 14.2. The van der Waals surface area contributed by atoms with Gasteiger partial charge in [-0.3, -0.25) is 14.8 Å². The van der Waals surface area contributed by atoms with Crippen molar-refractivity contribution in [3.63, 3.8) is 0 Å². The minimum atomic E-state index is -4.81. The number of carbonyl (C=O) groups is 2. The summed E-state index contributed by atoms with van der Waals surface area (Å²) in [6.07, 6.45) is -7.87. The first kappa shape index (κ1) is 34.0. The molecule has 5 rings (SSSR count). The van der Waals surface area contributed by atoms with E-state index < -0.39 is 83.3 Å². The van der Waals surface area contributed by atoms with E-state index >= 15 is 0 Å². The van der Waals surface area contributed by atoms with Crippen molar-refractivity contribution in [3.8, 4) is 11.3 Å². The molecule has 0 bridgehead atoms. The summed E-state index contributed by atoms with van der Waals surface area (Å²) in [4.78, 5) is 33.4. The van der Waals surface area contributed by atoms with E-state index in [1.54, 1.807) is 6.07 Å². The molecule has 0 fully saturated rings. The Morgan fingerprint density at radius 1 is 0.896 bits per heavy atom. The van der Waals surface area contributed by atoms with Gasteiger partial charge in [-0.15, -0.1) is 0 Å². The Balaban J connectivity index is 1.48. The number of rotatable bonds is 9. The third-order valence-electron chi connectivity index (χ3n) is 7.64. The Morgan fingerprint density at radius 2 is 1.56 bits per heavy atom. The van der Waals surface area contributed by atoms with Gasteiger partial charge in [-0.05, 0) is 35.6 Å². The van der Waals surface area contributed by atoms with Crippen molar-refractivity contribution in [2.75, 3.05) is 5.32 Å². The van der Waals surface area contributed by atoms with E-state index in [2.05, 4.69) is 9.97 Å². The third-order valence-corrected chi connectivity index (χ3v) is 7.64. The summed E-state index contributed by atoms with van der Waals surface area (Å²) in [6, 6.07) is 8.43. The number of halogens is 8. The zero-order valence-electron chi connectivity index (χ0n) is 24.7. The van der Waals surface area contributed by atoms with Crippen LogP contribution in [0.3, 0.4) is 0 Å². The van der Waals surface area contributed by atoms with Gasteiger partial charge in [0.15, 0.2) is 0 Å². The minimum absolute atomic E-state index is 0.00276. The normalized spacial score (nSPS) is 13.4. The van der Waals surface area contributed by atoms with Crippen LogP contribution in [0.15, 0.2) is 73.1 Å². The fourth-order valence-electron chi connectivity index (χ4n) is 5.40. The van der Waals surface area contributed by atoms with Crippen molar-refractivity contribution in [1.82, 2.24) is 15.3 Å². The van der Waals surface area contributed by atoms with Gasteiger partial charge in [-0.2, -0.15) is 26.3 Å². The second-order valence-electron chi connectivity index (χ2n) is 10.8. The van der Waals surface area contributed by atoms with Gasteiger partial charge in [-0.1, -0.05) is 49.4 Å². The number of nitrogens with zero attached hydrogens (tertiary/aromatic N) is 2. The summed E-state index contributed by atoms with van der Waals surface area (Å²) >= 11 is 0. The maximum atomic E-state index is 14.9. The van der Waals surface area contributed by atoms with E-state index in [-0.39, 0.29) is 32.8 Å². The van der Waals surface area contributed by atoms with E-state index in [0.29, 0.717) is 12.1 Å². The number of hydrogen-bond acceptors (Lipinski definition) is 5. The molecule has 0 spiro atoms. The highest BCUT2D eigenvalue weighted by Crippen LogP contribution is 2.42.